The zero-order valence-electron chi connectivity index (χ0n) is 15.1. The van der Waals surface area contributed by atoms with E-state index in [2.05, 4.69) is 10.6 Å². The molecule has 3 amide bonds. The Bertz CT molecular complexity index is 913. The van der Waals surface area contributed by atoms with E-state index in [1.54, 1.807) is 43.3 Å². The Balaban J connectivity index is 1.70. The fourth-order valence-electron chi connectivity index (χ4n) is 3.07. The maximum atomic E-state index is 14.2. The van der Waals surface area contributed by atoms with Gasteiger partial charge in [-0.15, -0.1) is 0 Å². The highest BCUT2D eigenvalue weighted by molar-refractivity contribution is 6.03. The first-order valence-corrected chi connectivity index (χ1v) is 8.58. The van der Waals surface area contributed by atoms with E-state index >= 15 is 0 Å². The number of aryl methyl sites for hydroxylation is 1. The van der Waals surface area contributed by atoms with Crippen LogP contribution in [-0.2, 0) is 14.4 Å². The predicted molar refractivity (Wildman–Crippen MR) is 101 cm³/mol. The van der Waals surface area contributed by atoms with Crippen LogP contribution in [0.25, 0.3) is 0 Å². The van der Waals surface area contributed by atoms with Crippen LogP contribution < -0.4 is 15.5 Å². The molecule has 0 aromatic heterocycles. The lowest BCUT2D eigenvalue weighted by atomic mass is 10.1. The molecule has 0 spiro atoms. The molecule has 0 saturated carbocycles. The van der Waals surface area contributed by atoms with E-state index in [4.69, 9.17) is 0 Å². The van der Waals surface area contributed by atoms with Gasteiger partial charge in [0, 0.05) is 31.3 Å². The molecule has 1 aliphatic rings. The minimum absolute atomic E-state index is 0.0184. The highest BCUT2D eigenvalue weighted by atomic mass is 19.1. The number of rotatable bonds is 4. The van der Waals surface area contributed by atoms with Crippen LogP contribution in [-0.4, -0.2) is 24.3 Å². The predicted octanol–water partition coefficient (Wildman–Crippen LogP) is 3.08. The molecule has 2 N–H and O–H groups in total. The Morgan fingerprint density at radius 2 is 1.81 bits per heavy atom. The largest absolute Gasteiger partial charge is 0.326 e. The van der Waals surface area contributed by atoms with Crippen molar-refractivity contribution in [1.82, 2.24) is 0 Å². The second-order valence-electron chi connectivity index (χ2n) is 6.61. The average Bonchev–Trinajstić information content (AvgIpc) is 2.96. The number of anilines is 3. The molecule has 2 aromatic rings. The molecule has 1 unspecified atom stereocenters. The van der Waals surface area contributed by atoms with Crippen LogP contribution in [0.3, 0.4) is 0 Å². The molecule has 27 heavy (non-hydrogen) atoms. The number of carbonyl (C=O) groups excluding carboxylic acids is 3. The van der Waals surface area contributed by atoms with Crippen molar-refractivity contribution in [3.63, 3.8) is 0 Å². The normalized spacial score (nSPS) is 16.3. The van der Waals surface area contributed by atoms with Gasteiger partial charge in [-0.05, 0) is 42.8 Å². The van der Waals surface area contributed by atoms with Gasteiger partial charge in [-0.2, -0.15) is 0 Å². The standard InChI is InChI=1S/C20H20FN3O3/c1-12-6-7-18(17(21)8-12)24-11-14(9-19(24)26)20(27)23-16-5-3-4-15(10-16)22-13(2)25/h3-8,10,14H,9,11H2,1-2H3,(H,22,25)(H,23,27). The Hall–Kier alpha value is -3.22. The van der Waals surface area contributed by atoms with Crippen molar-refractivity contribution in [3.05, 3.63) is 53.8 Å². The second kappa shape index (κ2) is 7.57. The lowest BCUT2D eigenvalue weighted by Crippen LogP contribution is -2.28. The van der Waals surface area contributed by atoms with Gasteiger partial charge in [0.25, 0.3) is 0 Å². The Labute approximate surface area is 156 Å². The number of halogens is 1. The van der Waals surface area contributed by atoms with Crippen molar-refractivity contribution in [2.75, 3.05) is 22.1 Å². The van der Waals surface area contributed by atoms with Gasteiger partial charge in [-0.3, -0.25) is 14.4 Å². The number of amides is 3. The molecule has 0 radical (unpaired) electrons. The Morgan fingerprint density at radius 3 is 2.48 bits per heavy atom. The van der Waals surface area contributed by atoms with E-state index in [1.807, 2.05) is 0 Å². The molecule has 1 atom stereocenters. The zero-order valence-corrected chi connectivity index (χ0v) is 15.1. The summed E-state index contributed by atoms with van der Waals surface area (Å²) >= 11 is 0. The van der Waals surface area contributed by atoms with Gasteiger partial charge in [0.05, 0.1) is 11.6 Å². The van der Waals surface area contributed by atoms with Crippen LogP contribution in [0.15, 0.2) is 42.5 Å². The number of hydrogen-bond donors (Lipinski definition) is 2. The van der Waals surface area contributed by atoms with Gasteiger partial charge in [0.1, 0.15) is 5.82 Å². The van der Waals surface area contributed by atoms with Crippen molar-refractivity contribution < 1.29 is 18.8 Å². The lowest BCUT2D eigenvalue weighted by molar-refractivity contribution is -0.122. The van der Waals surface area contributed by atoms with Crippen LogP contribution in [0.4, 0.5) is 21.5 Å². The minimum atomic E-state index is -0.581. The summed E-state index contributed by atoms with van der Waals surface area (Å²) in [5.41, 5.74) is 2.02. The van der Waals surface area contributed by atoms with Crippen LogP contribution >= 0.6 is 0 Å². The SMILES string of the molecule is CC(=O)Nc1cccc(NC(=O)C2CC(=O)N(c3ccc(C)cc3F)C2)c1. The van der Waals surface area contributed by atoms with Crippen molar-refractivity contribution >= 4 is 34.8 Å². The average molecular weight is 369 g/mol. The molecule has 6 nitrogen and oxygen atoms in total. The fraction of sp³-hybridized carbons (Fsp3) is 0.250. The monoisotopic (exact) mass is 369 g/mol. The van der Waals surface area contributed by atoms with E-state index in [0.29, 0.717) is 11.4 Å². The molecule has 140 valence electrons. The van der Waals surface area contributed by atoms with Crippen LogP contribution in [0, 0.1) is 18.7 Å². The van der Waals surface area contributed by atoms with Crippen LogP contribution in [0.2, 0.25) is 0 Å². The van der Waals surface area contributed by atoms with Gasteiger partial charge in [0.2, 0.25) is 17.7 Å². The molecule has 1 aliphatic heterocycles. The maximum Gasteiger partial charge on any atom is 0.229 e. The molecule has 1 fully saturated rings. The summed E-state index contributed by atoms with van der Waals surface area (Å²) < 4.78 is 14.2. The summed E-state index contributed by atoms with van der Waals surface area (Å²) in [6, 6.07) is 11.4. The second-order valence-corrected chi connectivity index (χ2v) is 6.61. The summed E-state index contributed by atoms with van der Waals surface area (Å²) in [7, 11) is 0. The topological polar surface area (TPSA) is 78.5 Å². The molecule has 2 aromatic carbocycles. The summed E-state index contributed by atoms with van der Waals surface area (Å²) in [4.78, 5) is 37.3. The quantitative estimate of drug-likeness (QED) is 0.869. The summed E-state index contributed by atoms with van der Waals surface area (Å²) in [5.74, 6) is -1.88. The molecule has 0 bridgehead atoms. The molecule has 7 heteroatoms. The number of hydrogen-bond acceptors (Lipinski definition) is 3. The number of nitrogens with zero attached hydrogens (tertiary/aromatic N) is 1. The van der Waals surface area contributed by atoms with E-state index < -0.39 is 11.7 Å². The third kappa shape index (κ3) is 4.31. The summed E-state index contributed by atoms with van der Waals surface area (Å²) in [6.45, 7) is 3.29. The van der Waals surface area contributed by atoms with Gasteiger partial charge in [-0.25, -0.2) is 4.39 Å². The van der Waals surface area contributed by atoms with Crippen LogP contribution in [0.5, 0.6) is 0 Å². The minimum Gasteiger partial charge on any atom is -0.326 e. The molecule has 3 rings (SSSR count). The number of nitrogens with one attached hydrogen (secondary N) is 2. The van der Waals surface area contributed by atoms with Crippen LogP contribution in [0.1, 0.15) is 18.9 Å². The van der Waals surface area contributed by atoms with Crippen molar-refractivity contribution in [1.29, 1.82) is 0 Å². The smallest absolute Gasteiger partial charge is 0.229 e. The molecule has 0 aliphatic carbocycles. The molecule has 1 saturated heterocycles. The van der Waals surface area contributed by atoms with Crippen molar-refractivity contribution in [3.8, 4) is 0 Å². The Morgan fingerprint density at radius 1 is 1.11 bits per heavy atom. The van der Waals surface area contributed by atoms with Crippen molar-refractivity contribution in [2.45, 2.75) is 20.3 Å². The Kier molecular flexibility index (Phi) is 5.21. The van der Waals surface area contributed by atoms with E-state index in [9.17, 15) is 18.8 Å². The molecular weight excluding hydrogens is 349 g/mol. The van der Waals surface area contributed by atoms with Gasteiger partial charge >= 0.3 is 0 Å². The first-order chi connectivity index (χ1) is 12.8. The van der Waals surface area contributed by atoms with Gasteiger partial charge in [0.15, 0.2) is 0 Å². The summed E-state index contributed by atoms with van der Waals surface area (Å²) in [6.07, 6.45) is 0.0184. The highest BCUT2D eigenvalue weighted by Gasteiger charge is 2.36. The van der Waals surface area contributed by atoms with Gasteiger partial charge < -0.3 is 15.5 Å². The first kappa shape index (κ1) is 18.6. The summed E-state index contributed by atoms with van der Waals surface area (Å²) in [5, 5.41) is 5.39. The third-order valence-electron chi connectivity index (χ3n) is 4.34. The highest BCUT2D eigenvalue weighted by Crippen LogP contribution is 2.29. The zero-order chi connectivity index (χ0) is 19.6. The fourth-order valence-corrected chi connectivity index (χ4v) is 3.07. The third-order valence-corrected chi connectivity index (χ3v) is 4.34. The van der Waals surface area contributed by atoms with Gasteiger partial charge in [-0.1, -0.05) is 12.1 Å². The van der Waals surface area contributed by atoms with Crippen molar-refractivity contribution in [2.24, 2.45) is 5.92 Å². The molecular formula is C20H20FN3O3. The first-order valence-electron chi connectivity index (χ1n) is 8.58. The van der Waals surface area contributed by atoms with E-state index in [-0.39, 0.29) is 36.4 Å². The van der Waals surface area contributed by atoms with E-state index in [1.165, 1.54) is 17.9 Å². The van der Waals surface area contributed by atoms with E-state index in [0.717, 1.165) is 5.56 Å². The lowest BCUT2D eigenvalue weighted by Gasteiger charge is -2.18. The number of carbonyl (C=O) groups is 3. The molecule has 1 heterocycles. The maximum absolute atomic E-state index is 14.2. The number of benzene rings is 2.